The van der Waals surface area contributed by atoms with Crippen molar-refractivity contribution in [3.63, 3.8) is 0 Å². The summed E-state index contributed by atoms with van der Waals surface area (Å²) in [4.78, 5) is 37.5. The number of thiol groups is 1. The van der Waals surface area contributed by atoms with E-state index >= 15 is 0 Å². The average molecular weight is 422 g/mol. The van der Waals surface area contributed by atoms with Gasteiger partial charge in [-0.25, -0.2) is 0 Å². The lowest BCUT2D eigenvalue weighted by Gasteiger charge is -2.25. The van der Waals surface area contributed by atoms with E-state index in [0.29, 0.717) is 30.9 Å². The third-order valence-corrected chi connectivity index (χ3v) is 5.07. The Morgan fingerprint density at radius 3 is 1.93 bits per heavy atom. The van der Waals surface area contributed by atoms with E-state index in [4.69, 9.17) is 5.73 Å². The van der Waals surface area contributed by atoms with Crippen molar-refractivity contribution in [3.05, 3.63) is 35.9 Å². The molecule has 29 heavy (non-hydrogen) atoms. The van der Waals surface area contributed by atoms with Crippen molar-refractivity contribution < 1.29 is 14.4 Å². The van der Waals surface area contributed by atoms with Crippen LogP contribution in [-0.2, 0) is 20.8 Å². The molecule has 3 atom stereocenters. The van der Waals surface area contributed by atoms with Gasteiger partial charge in [0.2, 0.25) is 17.7 Å². The lowest BCUT2D eigenvalue weighted by Crippen LogP contribution is -2.55. The highest BCUT2D eigenvalue weighted by molar-refractivity contribution is 7.80. The Hall–Kier alpha value is -2.02. The number of hydrogen-bond donors (Lipinski definition) is 4. The van der Waals surface area contributed by atoms with Crippen LogP contribution in [0.15, 0.2) is 30.3 Å². The molecule has 0 aliphatic carbocycles. The summed E-state index contributed by atoms with van der Waals surface area (Å²) in [5.74, 6) is -0.546. The predicted molar refractivity (Wildman–Crippen MR) is 119 cm³/mol. The van der Waals surface area contributed by atoms with Gasteiger partial charge in [0, 0.05) is 18.1 Å². The van der Waals surface area contributed by atoms with E-state index in [1.54, 1.807) is 0 Å². The van der Waals surface area contributed by atoms with Gasteiger partial charge in [0.15, 0.2) is 0 Å². The van der Waals surface area contributed by atoms with E-state index in [-0.39, 0.29) is 17.7 Å². The highest BCUT2D eigenvalue weighted by Crippen LogP contribution is 2.15. The van der Waals surface area contributed by atoms with Crippen LogP contribution in [-0.4, -0.2) is 35.6 Å². The number of benzene rings is 1. The Bertz CT molecular complexity index is 665. The topological polar surface area (TPSA) is 101 Å². The number of carbonyl (C=O) groups is 3. The number of nitrogens with two attached hydrogens (primary N) is 1. The van der Waals surface area contributed by atoms with Crippen LogP contribution in [0.1, 0.15) is 46.1 Å². The van der Waals surface area contributed by atoms with Gasteiger partial charge < -0.3 is 16.4 Å². The van der Waals surface area contributed by atoms with Crippen LogP contribution < -0.4 is 16.4 Å². The van der Waals surface area contributed by atoms with Crippen molar-refractivity contribution in [3.8, 4) is 0 Å². The Balaban J connectivity index is 2.98. The van der Waals surface area contributed by atoms with Crippen LogP contribution in [0.2, 0.25) is 0 Å². The minimum absolute atomic E-state index is 0.189. The van der Waals surface area contributed by atoms with Gasteiger partial charge in [-0.3, -0.25) is 14.4 Å². The van der Waals surface area contributed by atoms with Gasteiger partial charge in [0.05, 0.1) is 0 Å². The van der Waals surface area contributed by atoms with E-state index in [0.717, 1.165) is 5.56 Å². The van der Waals surface area contributed by atoms with Crippen LogP contribution in [0.3, 0.4) is 0 Å². The number of amides is 3. The zero-order chi connectivity index (χ0) is 22.0. The van der Waals surface area contributed by atoms with Gasteiger partial charge in [-0.05, 0) is 30.2 Å². The maximum absolute atomic E-state index is 13.0. The summed E-state index contributed by atoms with van der Waals surface area (Å²) >= 11 is 4.30. The number of primary amides is 1. The zero-order valence-corrected chi connectivity index (χ0v) is 18.7. The monoisotopic (exact) mass is 421 g/mol. The molecule has 3 amide bonds. The van der Waals surface area contributed by atoms with Gasteiger partial charge in [-0.15, -0.1) is 0 Å². The Kier molecular flexibility index (Phi) is 10.8. The van der Waals surface area contributed by atoms with E-state index in [1.165, 1.54) is 0 Å². The molecule has 7 heteroatoms. The molecule has 6 nitrogen and oxygen atoms in total. The largest absolute Gasteiger partial charge is 0.368 e. The molecule has 0 aromatic heterocycles. The van der Waals surface area contributed by atoms with Crippen molar-refractivity contribution in [1.82, 2.24) is 10.6 Å². The Morgan fingerprint density at radius 1 is 0.897 bits per heavy atom. The van der Waals surface area contributed by atoms with Crippen LogP contribution in [0.5, 0.6) is 0 Å². The third kappa shape index (κ3) is 9.35. The van der Waals surface area contributed by atoms with E-state index in [2.05, 4.69) is 23.3 Å². The molecule has 0 aliphatic rings. The summed E-state index contributed by atoms with van der Waals surface area (Å²) in [6.07, 6.45) is 1.46. The summed E-state index contributed by atoms with van der Waals surface area (Å²) < 4.78 is 0. The van der Waals surface area contributed by atoms with Gasteiger partial charge in [-0.1, -0.05) is 58.0 Å². The fourth-order valence-electron chi connectivity index (χ4n) is 3.17. The summed E-state index contributed by atoms with van der Waals surface area (Å²) in [6.45, 7) is 7.99. The molecule has 4 N–H and O–H groups in total. The van der Waals surface area contributed by atoms with Crippen LogP contribution in [0.25, 0.3) is 0 Å². The van der Waals surface area contributed by atoms with Gasteiger partial charge in [0.25, 0.3) is 0 Å². The zero-order valence-electron chi connectivity index (χ0n) is 17.9. The van der Waals surface area contributed by atoms with Crippen LogP contribution in [0.4, 0.5) is 0 Å². The second-order valence-electron chi connectivity index (χ2n) is 8.35. The Labute approximate surface area is 179 Å². The molecular weight excluding hydrogens is 386 g/mol. The number of hydrogen-bond acceptors (Lipinski definition) is 4. The summed E-state index contributed by atoms with van der Waals surface area (Å²) in [7, 11) is 0. The van der Waals surface area contributed by atoms with Crippen molar-refractivity contribution in [2.45, 2.75) is 59.0 Å². The number of rotatable bonds is 12. The molecule has 1 aromatic carbocycles. The first kappa shape index (κ1) is 25.0. The fraction of sp³-hybridized carbons (Fsp3) is 0.591. The number of carbonyl (C=O) groups excluding carboxylic acids is 3. The quantitative estimate of drug-likeness (QED) is 0.390. The summed E-state index contributed by atoms with van der Waals surface area (Å²) in [5.41, 5.74) is 6.38. The third-order valence-electron chi connectivity index (χ3n) is 4.63. The standard InChI is InChI=1S/C22H35N3O3S/c1-14(2)10-17(13-29)21(27)25-19(12-16-8-6-5-7-9-16)22(28)24-18(20(23)26)11-15(3)4/h5-9,14-15,17-19,29H,10-13H2,1-4H3,(H2,23,26)(H,24,28)(H,25,27)/t17-,18-,19-/m0/s1. The summed E-state index contributed by atoms with van der Waals surface area (Å²) in [6, 6.07) is 7.89. The highest BCUT2D eigenvalue weighted by atomic mass is 32.1. The number of nitrogens with one attached hydrogen (secondary N) is 2. The van der Waals surface area contributed by atoms with Crippen LogP contribution >= 0.6 is 12.6 Å². The normalized spacial score (nSPS) is 14.3. The molecule has 0 unspecified atom stereocenters. The molecule has 0 spiro atoms. The van der Waals surface area contributed by atoms with Crippen molar-refractivity contribution in [2.75, 3.05) is 5.75 Å². The van der Waals surface area contributed by atoms with E-state index in [1.807, 2.05) is 58.0 Å². The van der Waals surface area contributed by atoms with E-state index < -0.39 is 23.9 Å². The van der Waals surface area contributed by atoms with Gasteiger partial charge in [0.1, 0.15) is 12.1 Å². The van der Waals surface area contributed by atoms with Crippen molar-refractivity contribution in [2.24, 2.45) is 23.5 Å². The summed E-state index contributed by atoms with van der Waals surface area (Å²) in [5, 5.41) is 5.59. The van der Waals surface area contributed by atoms with E-state index in [9.17, 15) is 14.4 Å². The molecule has 162 valence electrons. The maximum Gasteiger partial charge on any atom is 0.243 e. The van der Waals surface area contributed by atoms with Gasteiger partial charge in [-0.2, -0.15) is 12.6 Å². The second kappa shape index (κ2) is 12.5. The lowest BCUT2D eigenvalue weighted by molar-refractivity contribution is -0.132. The van der Waals surface area contributed by atoms with Gasteiger partial charge >= 0.3 is 0 Å². The molecule has 0 saturated heterocycles. The SMILES string of the molecule is CC(C)C[C@@H](CS)C(=O)N[C@@H](Cc1ccccc1)C(=O)N[C@@H](CC(C)C)C(N)=O. The molecule has 0 radical (unpaired) electrons. The van der Waals surface area contributed by atoms with Crippen LogP contribution in [0, 0.1) is 17.8 Å². The first-order chi connectivity index (χ1) is 13.6. The highest BCUT2D eigenvalue weighted by Gasteiger charge is 2.28. The molecule has 0 bridgehead atoms. The second-order valence-corrected chi connectivity index (χ2v) is 8.72. The van der Waals surface area contributed by atoms with Crippen molar-refractivity contribution >= 4 is 30.4 Å². The molecule has 1 aromatic rings. The first-order valence-corrected chi connectivity index (χ1v) is 10.8. The predicted octanol–water partition coefficient (Wildman–Crippen LogP) is 2.32. The smallest absolute Gasteiger partial charge is 0.243 e. The molecule has 1 rings (SSSR count). The lowest BCUT2D eigenvalue weighted by atomic mass is 9.96. The average Bonchev–Trinajstić information content (AvgIpc) is 2.65. The maximum atomic E-state index is 13.0. The molecule has 0 fully saturated rings. The molecular formula is C22H35N3O3S. The molecule has 0 aliphatic heterocycles. The minimum Gasteiger partial charge on any atom is -0.368 e. The molecule has 0 heterocycles. The first-order valence-electron chi connectivity index (χ1n) is 10.2. The Morgan fingerprint density at radius 2 is 1.45 bits per heavy atom. The molecule has 0 saturated carbocycles. The minimum atomic E-state index is -0.798. The van der Waals surface area contributed by atoms with Crippen molar-refractivity contribution in [1.29, 1.82) is 0 Å². The fourth-order valence-corrected chi connectivity index (χ4v) is 3.49.